The first-order valence-electron chi connectivity index (χ1n) is 20.4. The van der Waals surface area contributed by atoms with Crippen LogP contribution in [0.3, 0.4) is 0 Å². The number of benzene rings is 9. The lowest BCUT2D eigenvalue weighted by molar-refractivity contribution is 0.661. The minimum Gasteiger partial charge on any atom is -0.450 e. The number of hydrogen-bond acceptors (Lipinski definition) is 3. The van der Waals surface area contributed by atoms with Crippen molar-refractivity contribution < 1.29 is 4.42 Å². The maximum absolute atomic E-state index is 6.90. The number of para-hydroxylation sites is 4. The number of rotatable bonds is 2. The van der Waals surface area contributed by atoms with Gasteiger partial charge in [0, 0.05) is 48.5 Å². The van der Waals surface area contributed by atoms with E-state index in [0.29, 0.717) is 17.3 Å². The molecule has 9 aromatic carbocycles. The maximum Gasteiger partial charge on any atom is 0.237 e. The fourth-order valence-corrected chi connectivity index (χ4v) is 10.8. The summed E-state index contributed by atoms with van der Waals surface area (Å²) in [5.74, 6) is 1.30. The van der Waals surface area contributed by atoms with E-state index in [9.17, 15) is 0 Å². The van der Waals surface area contributed by atoms with Crippen LogP contribution in [0.4, 0.5) is 0 Å². The molecule has 0 aliphatic carbocycles. The smallest absolute Gasteiger partial charge is 0.237 e. The summed E-state index contributed by atoms with van der Waals surface area (Å²) in [6.07, 6.45) is 0. The Morgan fingerprint density at radius 2 is 0.933 bits per heavy atom. The quantitative estimate of drug-likeness (QED) is 0.176. The zero-order valence-corrected chi connectivity index (χ0v) is 31.9. The molecule has 0 bridgehead atoms. The van der Waals surface area contributed by atoms with E-state index in [0.717, 1.165) is 43.9 Å². The molecule has 0 atom stereocenters. The Hall–Kier alpha value is -8.22. The van der Waals surface area contributed by atoms with Crippen LogP contribution in [-0.4, -0.2) is 23.5 Å². The van der Waals surface area contributed by atoms with Gasteiger partial charge in [0.05, 0.1) is 38.6 Å². The van der Waals surface area contributed by atoms with Crippen molar-refractivity contribution in [3.05, 3.63) is 176 Å². The minimum absolute atomic E-state index is 0.592. The molecule has 6 nitrogen and oxygen atoms in total. The van der Waals surface area contributed by atoms with Gasteiger partial charge in [0.2, 0.25) is 5.95 Å². The van der Waals surface area contributed by atoms with Crippen LogP contribution in [0, 0.1) is 0 Å². The molecular weight excluding hydrogens is 735 g/mol. The van der Waals surface area contributed by atoms with Gasteiger partial charge in [-0.05, 0) is 70.1 Å². The first kappa shape index (κ1) is 30.9. The number of fused-ring (bicyclic) bond motifs is 20. The number of furan rings is 1. The van der Waals surface area contributed by atoms with Crippen molar-refractivity contribution >= 4 is 125 Å². The molecule has 0 radical (unpaired) electrons. The van der Waals surface area contributed by atoms with Crippen LogP contribution >= 0.6 is 0 Å². The monoisotopic (exact) mass is 763 g/mol. The van der Waals surface area contributed by atoms with Gasteiger partial charge in [-0.1, -0.05) is 127 Å². The lowest BCUT2D eigenvalue weighted by atomic mass is 9.99. The fourth-order valence-electron chi connectivity index (χ4n) is 10.8. The minimum atomic E-state index is 0.592. The van der Waals surface area contributed by atoms with E-state index in [1.165, 1.54) is 75.8 Å². The van der Waals surface area contributed by atoms with Gasteiger partial charge in [0.15, 0.2) is 11.4 Å². The van der Waals surface area contributed by atoms with Gasteiger partial charge in [-0.15, -0.1) is 0 Å². The molecular formula is C54H29N5O. The van der Waals surface area contributed by atoms with Gasteiger partial charge in [-0.2, -0.15) is 4.98 Å². The second-order valence-corrected chi connectivity index (χ2v) is 16.1. The van der Waals surface area contributed by atoms with Crippen LogP contribution in [0.2, 0.25) is 0 Å². The summed E-state index contributed by atoms with van der Waals surface area (Å²) in [6.45, 7) is 0. The third-order valence-electron chi connectivity index (χ3n) is 13.2. The summed E-state index contributed by atoms with van der Waals surface area (Å²) in [4.78, 5) is 11.2. The molecule has 0 spiro atoms. The highest BCUT2D eigenvalue weighted by Gasteiger charge is 2.28. The lowest BCUT2D eigenvalue weighted by Gasteiger charge is -2.12. The predicted molar refractivity (Wildman–Crippen MR) is 248 cm³/mol. The molecule has 0 fully saturated rings. The van der Waals surface area contributed by atoms with E-state index in [-0.39, 0.29) is 0 Å². The Kier molecular flexibility index (Phi) is 5.57. The summed E-state index contributed by atoms with van der Waals surface area (Å²) >= 11 is 0. The van der Waals surface area contributed by atoms with Gasteiger partial charge in [-0.25, -0.2) is 4.98 Å². The number of aromatic nitrogens is 5. The lowest BCUT2D eigenvalue weighted by Crippen LogP contribution is -2.06. The van der Waals surface area contributed by atoms with Crippen molar-refractivity contribution in [1.29, 1.82) is 0 Å². The molecule has 6 aromatic heterocycles. The summed E-state index contributed by atoms with van der Waals surface area (Å²) in [5, 5.41) is 15.4. The van der Waals surface area contributed by atoms with Gasteiger partial charge in [0.25, 0.3) is 0 Å². The predicted octanol–water partition coefficient (Wildman–Crippen LogP) is 14.0. The van der Waals surface area contributed by atoms with E-state index in [2.05, 4.69) is 177 Å². The van der Waals surface area contributed by atoms with Crippen LogP contribution in [-0.2, 0) is 0 Å². The van der Waals surface area contributed by atoms with Crippen molar-refractivity contribution in [2.75, 3.05) is 0 Å². The summed E-state index contributed by atoms with van der Waals surface area (Å²) < 4.78 is 14.0. The van der Waals surface area contributed by atoms with Crippen LogP contribution in [0.25, 0.3) is 137 Å². The first-order chi connectivity index (χ1) is 29.8. The molecule has 6 heterocycles. The number of hydrogen-bond donors (Lipinski definition) is 0. The Bertz CT molecular complexity index is 4370. The zero-order chi connectivity index (χ0) is 38.8. The summed E-state index contributed by atoms with van der Waals surface area (Å²) in [6, 6.07) is 63.2. The average molecular weight is 764 g/mol. The second-order valence-electron chi connectivity index (χ2n) is 16.1. The Morgan fingerprint density at radius 3 is 1.68 bits per heavy atom. The molecule has 0 N–H and O–H groups in total. The largest absolute Gasteiger partial charge is 0.450 e. The summed E-state index contributed by atoms with van der Waals surface area (Å²) in [5.41, 5.74) is 10.1. The van der Waals surface area contributed by atoms with Crippen LogP contribution in [0.15, 0.2) is 180 Å². The van der Waals surface area contributed by atoms with Gasteiger partial charge < -0.3 is 8.82 Å². The van der Waals surface area contributed by atoms with E-state index < -0.39 is 0 Å². The molecule has 0 unspecified atom stereocenters. The van der Waals surface area contributed by atoms with Crippen LogP contribution < -0.4 is 0 Å². The molecule has 6 heteroatoms. The Morgan fingerprint density at radius 1 is 0.367 bits per heavy atom. The van der Waals surface area contributed by atoms with E-state index in [1.807, 2.05) is 12.1 Å². The van der Waals surface area contributed by atoms with Crippen molar-refractivity contribution in [3.63, 3.8) is 0 Å². The van der Waals surface area contributed by atoms with Crippen LogP contribution in [0.1, 0.15) is 0 Å². The molecule has 15 rings (SSSR count). The summed E-state index contributed by atoms with van der Waals surface area (Å²) in [7, 11) is 0. The molecule has 0 aliphatic rings. The number of nitrogens with zero attached hydrogens (tertiary/aromatic N) is 5. The topological polar surface area (TPSA) is 53.2 Å². The SMILES string of the molecule is c1ccc2c(c1)ccc1c2c2ccccc2n1-c1nc(-n2c3ccc4ccccc4c3c3c4c5ccccc5n5c6ccccc6c(cc32)c45)c2oc3ccccc3c2n1. The van der Waals surface area contributed by atoms with E-state index in [4.69, 9.17) is 14.4 Å². The van der Waals surface area contributed by atoms with Crippen molar-refractivity contribution in [1.82, 2.24) is 23.5 Å². The highest BCUT2D eigenvalue weighted by atomic mass is 16.3. The van der Waals surface area contributed by atoms with Crippen LogP contribution in [0.5, 0.6) is 0 Å². The van der Waals surface area contributed by atoms with E-state index >= 15 is 0 Å². The van der Waals surface area contributed by atoms with Crippen molar-refractivity contribution in [2.45, 2.75) is 0 Å². The van der Waals surface area contributed by atoms with Gasteiger partial charge >= 0.3 is 0 Å². The fraction of sp³-hybridized carbons (Fsp3) is 0. The zero-order valence-electron chi connectivity index (χ0n) is 31.9. The highest BCUT2D eigenvalue weighted by molar-refractivity contribution is 6.38. The maximum atomic E-state index is 6.90. The Balaban J connectivity index is 1.19. The molecule has 0 amide bonds. The van der Waals surface area contributed by atoms with Crippen molar-refractivity contribution in [2.24, 2.45) is 0 Å². The van der Waals surface area contributed by atoms with Gasteiger partial charge in [0.1, 0.15) is 11.1 Å². The molecule has 0 saturated heterocycles. The normalized spacial score (nSPS) is 12.7. The first-order valence-corrected chi connectivity index (χ1v) is 20.4. The average Bonchev–Trinajstić information content (AvgIpc) is 4.10. The molecule has 0 saturated carbocycles. The van der Waals surface area contributed by atoms with Gasteiger partial charge in [-0.3, -0.25) is 9.13 Å². The molecule has 60 heavy (non-hydrogen) atoms. The standard InChI is InChI=1S/C54H29N5O/c1-3-15-32-30(13-1)25-27-42-46(32)35-18-6-11-23-41(35)59(42)54-55-50-37-20-8-12-24-45(37)60-52(50)53(56-54)58-43-28-26-31-14-2-4-16-33(31)47(43)49-44(58)29-38-34-17-5-9-21-39(34)57-40-22-10-7-19-36(40)48(49)51(38)57/h1-29H. The molecule has 276 valence electrons. The second kappa shape index (κ2) is 10.8. The highest BCUT2D eigenvalue weighted by Crippen LogP contribution is 2.49. The third kappa shape index (κ3) is 3.66. The third-order valence-corrected chi connectivity index (χ3v) is 13.2. The van der Waals surface area contributed by atoms with Crippen molar-refractivity contribution in [3.8, 4) is 11.8 Å². The molecule has 15 aromatic rings. The van der Waals surface area contributed by atoms with E-state index in [1.54, 1.807) is 0 Å². The molecule has 0 aliphatic heterocycles. The Labute approximate surface area is 339 Å².